The minimum Gasteiger partial charge on any atom is -0.477 e. The Morgan fingerprint density at radius 3 is 2.56 bits per heavy atom. The molecule has 2 aromatic rings. The van der Waals surface area contributed by atoms with Gasteiger partial charge in [-0.05, 0) is 36.2 Å². The molecule has 0 saturated heterocycles. The second kappa shape index (κ2) is 10.9. The number of nitrogens with zero attached hydrogens (tertiary/aromatic N) is 5. The number of unbranched alkanes of at least 4 members (excludes halogenated alkanes) is 1. The summed E-state index contributed by atoms with van der Waals surface area (Å²) in [5.41, 5.74) is -0.167. The summed E-state index contributed by atoms with van der Waals surface area (Å²) in [6.07, 6.45) is 2.30. The van der Waals surface area contributed by atoms with Crippen LogP contribution in [-0.2, 0) is 10.2 Å². The molecule has 34 heavy (non-hydrogen) atoms. The SMILES string of the molecule is CCCCC(C#N)(CN1CN(C(Oc2ccc([N+](=O)[O-])cc2)C(=O)O)C=N1)c1ccc(Cl)cc1. The molecule has 0 bridgehead atoms. The average molecular weight is 486 g/mol. The van der Waals surface area contributed by atoms with E-state index in [2.05, 4.69) is 11.2 Å². The Morgan fingerprint density at radius 1 is 1.32 bits per heavy atom. The lowest BCUT2D eigenvalue weighted by molar-refractivity contribution is -0.384. The molecule has 178 valence electrons. The van der Waals surface area contributed by atoms with E-state index in [-0.39, 0.29) is 24.7 Å². The molecule has 0 fully saturated rings. The van der Waals surface area contributed by atoms with Crippen molar-refractivity contribution in [2.75, 3.05) is 13.2 Å². The van der Waals surface area contributed by atoms with Gasteiger partial charge in [0.2, 0.25) is 0 Å². The minimum absolute atomic E-state index is 0.0904. The van der Waals surface area contributed by atoms with Crippen molar-refractivity contribution >= 4 is 29.6 Å². The van der Waals surface area contributed by atoms with Gasteiger partial charge in [-0.15, -0.1) is 0 Å². The zero-order valence-corrected chi connectivity index (χ0v) is 19.3. The number of carboxylic acid groups (broad SMARTS) is 1. The van der Waals surface area contributed by atoms with Gasteiger partial charge in [0, 0.05) is 17.2 Å². The van der Waals surface area contributed by atoms with Gasteiger partial charge in [-0.2, -0.15) is 10.4 Å². The number of carbonyl (C=O) groups is 1. The summed E-state index contributed by atoms with van der Waals surface area (Å²) in [4.78, 5) is 23.5. The normalized spacial score (nSPS) is 15.4. The predicted molar refractivity (Wildman–Crippen MR) is 125 cm³/mol. The van der Waals surface area contributed by atoms with E-state index in [1.807, 2.05) is 19.1 Å². The van der Waals surface area contributed by atoms with Crippen LogP contribution >= 0.6 is 11.6 Å². The lowest BCUT2D eigenvalue weighted by atomic mass is 9.77. The number of non-ortho nitro benzene ring substituents is 1. The van der Waals surface area contributed by atoms with Crippen LogP contribution in [0, 0.1) is 21.4 Å². The summed E-state index contributed by atoms with van der Waals surface area (Å²) in [7, 11) is 0. The van der Waals surface area contributed by atoms with Crippen LogP contribution in [0.3, 0.4) is 0 Å². The maximum atomic E-state index is 11.9. The smallest absolute Gasteiger partial charge is 0.366 e. The first kappa shape index (κ1) is 24.8. The molecule has 0 radical (unpaired) electrons. The van der Waals surface area contributed by atoms with Gasteiger partial charge in [-0.3, -0.25) is 20.0 Å². The van der Waals surface area contributed by atoms with Gasteiger partial charge >= 0.3 is 5.97 Å². The maximum absolute atomic E-state index is 11.9. The molecule has 2 atom stereocenters. The van der Waals surface area contributed by atoms with Gasteiger partial charge in [0.05, 0.1) is 17.5 Å². The van der Waals surface area contributed by atoms with E-state index in [0.29, 0.717) is 11.4 Å². The van der Waals surface area contributed by atoms with Crippen molar-refractivity contribution in [2.45, 2.75) is 37.8 Å². The lowest BCUT2D eigenvalue weighted by Gasteiger charge is -2.32. The molecule has 0 spiro atoms. The standard InChI is InChI=1S/C23H24ClN5O5/c1-2-3-12-23(13-25,17-4-6-18(24)7-5-17)14-28-16-27(15-26-28)21(22(30)31)34-20-10-8-19(9-11-20)29(32)33/h4-11,15,21H,2-3,12,14,16H2,1H3,(H,30,31). The number of aliphatic carboxylic acids is 1. The number of rotatable bonds is 11. The summed E-state index contributed by atoms with van der Waals surface area (Å²) in [6, 6.07) is 14.7. The first-order chi connectivity index (χ1) is 16.3. The molecule has 2 unspecified atom stereocenters. The number of halogens is 1. The zero-order valence-electron chi connectivity index (χ0n) is 18.5. The van der Waals surface area contributed by atoms with E-state index < -0.39 is 22.5 Å². The van der Waals surface area contributed by atoms with Crippen LogP contribution in [0.1, 0.15) is 31.7 Å². The molecule has 2 aromatic carbocycles. The number of nitriles is 1. The van der Waals surface area contributed by atoms with Crippen LogP contribution < -0.4 is 4.74 Å². The van der Waals surface area contributed by atoms with Crippen molar-refractivity contribution in [1.29, 1.82) is 5.26 Å². The van der Waals surface area contributed by atoms with Gasteiger partial charge < -0.3 is 9.84 Å². The maximum Gasteiger partial charge on any atom is 0.366 e. The first-order valence-electron chi connectivity index (χ1n) is 10.6. The summed E-state index contributed by atoms with van der Waals surface area (Å²) >= 11 is 6.03. The molecule has 1 aliphatic heterocycles. The fourth-order valence-electron chi connectivity index (χ4n) is 3.69. The van der Waals surface area contributed by atoms with E-state index in [1.165, 1.54) is 35.5 Å². The molecule has 0 amide bonds. The highest BCUT2D eigenvalue weighted by Crippen LogP contribution is 2.32. The van der Waals surface area contributed by atoms with Gasteiger partial charge in [-0.1, -0.05) is 43.5 Å². The van der Waals surface area contributed by atoms with E-state index in [1.54, 1.807) is 17.1 Å². The van der Waals surface area contributed by atoms with E-state index >= 15 is 0 Å². The van der Waals surface area contributed by atoms with E-state index in [4.69, 9.17) is 16.3 Å². The van der Waals surface area contributed by atoms with Crippen molar-refractivity contribution in [3.63, 3.8) is 0 Å². The highest BCUT2D eigenvalue weighted by atomic mass is 35.5. The Morgan fingerprint density at radius 2 is 2.00 bits per heavy atom. The topological polar surface area (TPSA) is 132 Å². The third-order valence-corrected chi connectivity index (χ3v) is 5.77. The average Bonchev–Trinajstić information content (AvgIpc) is 3.28. The Bertz CT molecular complexity index is 1090. The largest absolute Gasteiger partial charge is 0.477 e. The molecule has 10 nitrogen and oxygen atoms in total. The molecular formula is C23H24ClN5O5. The summed E-state index contributed by atoms with van der Waals surface area (Å²) in [5.74, 6) is -1.08. The molecule has 0 aliphatic carbocycles. The van der Waals surface area contributed by atoms with Crippen LogP contribution in [0.25, 0.3) is 0 Å². The number of hydrogen-bond donors (Lipinski definition) is 1. The van der Waals surface area contributed by atoms with Crippen LogP contribution in [0.5, 0.6) is 5.75 Å². The van der Waals surface area contributed by atoms with Crippen molar-refractivity contribution in [1.82, 2.24) is 9.91 Å². The molecule has 1 aliphatic rings. The Balaban J connectivity index is 1.75. The highest BCUT2D eigenvalue weighted by Gasteiger charge is 2.37. The molecule has 1 N–H and O–H groups in total. The molecule has 1 heterocycles. The van der Waals surface area contributed by atoms with Crippen LogP contribution in [-0.4, -0.2) is 51.7 Å². The van der Waals surface area contributed by atoms with Crippen molar-refractivity contribution in [2.24, 2.45) is 5.10 Å². The molecule has 3 rings (SSSR count). The molecule has 0 aromatic heterocycles. The van der Waals surface area contributed by atoms with Crippen LogP contribution in [0.15, 0.2) is 53.6 Å². The fourth-order valence-corrected chi connectivity index (χ4v) is 3.82. The number of benzene rings is 2. The third-order valence-electron chi connectivity index (χ3n) is 5.52. The Kier molecular flexibility index (Phi) is 7.91. The highest BCUT2D eigenvalue weighted by molar-refractivity contribution is 6.30. The quantitative estimate of drug-likeness (QED) is 0.369. The van der Waals surface area contributed by atoms with Gasteiger partial charge in [-0.25, -0.2) is 4.79 Å². The first-order valence-corrected chi connectivity index (χ1v) is 11.0. The number of hydrogen-bond acceptors (Lipinski definition) is 8. The number of nitro benzene ring substituents is 1. The van der Waals surface area contributed by atoms with E-state index in [0.717, 1.165) is 18.4 Å². The Labute approximate surface area is 201 Å². The van der Waals surface area contributed by atoms with Crippen molar-refractivity contribution < 1.29 is 19.6 Å². The number of nitro groups is 1. The predicted octanol–water partition coefficient (Wildman–Crippen LogP) is 4.21. The van der Waals surface area contributed by atoms with Gasteiger partial charge in [0.1, 0.15) is 24.2 Å². The molecule has 0 saturated carbocycles. The van der Waals surface area contributed by atoms with Crippen LogP contribution in [0.4, 0.5) is 5.69 Å². The van der Waals surface area contributed by atoms with Gasteiger partial charge in [0.25, 0.3) is 11.9 Å². The molecule has 11 heteroatoms. The van der Waals surface area contributed by atoms with Crippen LogP contribution in [0.2, 0.25) is 5.02 Å². The van der Waals surface area contributed by atoms with E-state index in [9.17, 15) is 25.3 Å². The number of carboxylic acids is 1. The summed E-state index contributed by atoms with van der Waals surface area (Å²) in [6.45, 7) is 2.39. The Hall–Kier alpha value is -3.84. The number of ether oxygens (including phenoxy) is 1. The molecular weight excluding hydrogens is 462 g/mol. The number of hydrazone groups is 1. The zero-order chi connectivity index (χ0) is 24.7. The third kappa shape index (κ3) is 5.74. The summed E-state index contributed by atoms with van der Waals surface area (Å²) < 4.78 is 5.57. The monoisotopic (exact) mass is 485 g/mol. The lowest BCUT2D eigenvalue weighted by Crippen LogP contribution is -2.47. The minimum atomic E-state index is -1.40. The summed E-state index contributed by atoms with van der Waals surface area (Å²) in [5, 5.41) is 37.2. The second-order valence-electron chi connectivity index (χ2n) is 7.91. The van der Waals surface area contributed by atoms with Gasteiger partial charge in [0.15, 0.2) is 0 Å². The second-order valence-corrected chi connectivity index (χ2v) is 8.35. The van der Waals surface area contributed by atoms with Crippen molar-refractivity contribution in [3.05, 3.63) is 69.2 Å². The van der Waals surface area contributed by atoms with Crippen molar-refractivity contribution in [3.8, 4) is 11.8 Å². The fraction of sp³-hybridized carbons (Fsp3) is 0.348.